The molecule has 3 rings (SSSR count). The van der Waals surface area contributed by atoms with Gasteiger partial charge >= 0.3 is 0 Å². The Kier molecular flexibility index (Phi) is 6.84. The van der Waals surface area contributed by atoms with E-state index in [1.807, 2.05) is 30.3 Å². The van der Waals surface area contributed by atoms with Crippen LogP contribution < -0.4 is 15.4 Å². The molecule has 7 heteroatoms. The van der Waals surface area contributed by atoms with Crippen LogP contribution in [0.1, 0.15) is 52.9 Å². The summed E-state index contributed by atoms with van der Waals surface area (Å²) in [5.41, 5.74) is 1.67. The van der Waals surface area contributed by atoms with Gasteiger partial charge in [0.25, 0.3) is 11.8 Å². The number of aromatic nitrogens is 2. The Morgan fingerprint density at radius 3 is 2.62 bits per heavy atom. The molecule has 7 nitrogen and oxygen atoms in total. The summed E-state index contributed by atoms with van der Waals surface area (Å²) in [5, 5.41) is 5.75. The van der Waals surface area contributed by atoms with Crippen LogP contribution in [0, 0.1) is 0 Å². The molecule has 0 aliphatic carbocycles. The van der Waals surface area contributed by atoms with E-state index in [4.69, 9.17) is 4.74 Å². The molecule has 0 spiro atoms. The number of imidazole rings is 1. The van der Waals surface area contributed by atoms with Crippen molar-refractivity contribution in [1.29, 1.82) is 0 Å². The van der Waals surface area contributed by atoms with Gasteiger partial charge in [-0.05, 0) is 24.6 Å². The summed E-state index contributed by atoms with van der Waals surface area (Å²) in [6, 6.07) is 12.9. The number of unbranched alkanes of at least 4 members (excludes halogenated alkanes) is 2. The summed E-state index contributed by atoms with van der Waals surface area (Å²) >= 11 is 0. The third-order valence-corrected chi connectivity index (χ3v) is 4.66. The number of amides is 2. The minimum atomic E-state index is -0.343. The highest BCUT2D eigenvalue weighted by Crippen LogP contribution is 2.18. The fraction of sp³-hybridized carbons (Fsp3) is 0.318. The number of hydrogen-bond acceptors (Lipinski definition) is 4. The zero-order valence-corrected chi connectivity index (χ0v) is 16.8. The van der Waals surface area contributed by atoms with Crippen molar-refractivity contribution < 1.29 is 14.3 Å². The average Bonchev–Trinajstić information content (AvgIpc) is 3.15. The fourth-order valence-electron chi connectivity index (χ4n) is 3.13. The molecule has 152 valence electrons. The smallest absolute Gasteiger partial charge is 0.287 e. The van der Waals surface area contributed by atoms with Gasteiger partial charge in [0.15, 0.2) is 5.69 Å². The molecule has 0 radical (unpaired) electrons. The molecule has 0 saturated carbocycles. The van der Waals surface area contributed by atoms with Crippen LogP contribution in [0.5, 0.6) is 5.75 Å². The quantitative estimate of drug-likeness (QED) is 0.546. The number of para-hydroxylation sites is 1. The van der Waals surface area contributed by atoms with E-state index in [0.717, 1.165) is 24.8 Å². The number of carbonyl (C=O) groups is 2. The van der Waals surface area contributed by atoms with Crippen molar-refractivity contribution in [1.82, 2.24) is 20.0 Å². The molecule has 0 saturated heterocycles. The van der Waals surface area contributed by atoms with Crippen LogP contribution in [0.4, 0.5) is 0 Å². The van der Waals surface area contributed by atoms with Gasteiger partial charge in [0.05, 0.1) is 12.6 Å². The Labute approximate surface area is 170 Å². The second kappa shape index (κ2) is 9.73. The summed E-state index contributed by atoms with van der Waals surface area (Å²) in [5.74, 6) is 0.282. The number of nitrogens with zero attached hydrogens (tertiary/aromatic N) is 2. The van der Waals surface area contributed by atoms with Gasteiger partial charge in [-0.15, -0.1) is 0 Å². The molecule has 2 amide bonds. The number of hydrogen-bond donors (Lipinski definition) is 2. The number of carbonyl (C=O) groups excluding carboxylic acids is 2. The fourth-order valence-corrected chi connectivity index (χ4v) is 3.13. The van der Waals surface area contributed by atoms with Gasteiger partial charge in [0.2, 0.25) is 5.82 Å². The first kappa shape index (κ1) is 20.4. The number of pyridine rings is 1. The Balaban J connectivity index is 1.78. The molecule has 0 bridgehead atoms. The summed E-state index contributed by atoms with van der Waals surface area (Å²) in [7, 11) is 1.59. The van der Waals surface area contributed by atoms with Crippen LogP contribution in [0.3, 0.4) is 0 Å². The second-order valence-corrected chi connectivity index (χ2v) is 6.70. The van der Waals surface area contributed by atoms with E-state index in [1.165, 1.54) is 0 Å². The number of rotatable bonds is 9. The maximum Gasteiger partial charge on any atom is 0.287 e. The highest BCUT2D eigenvalue weighted by atomic mass is 16.5. The van der Waals surface area contributed by atoms with Gasteiger partial charge < -0.3 is 15.4 Å². The lowest BCUT2D eigenvalue weighted by Gasteiger charge is -2.08. The Hall–Kier alpha value is -3.35. The van der Waals surface area contributed by atoms with Gasteiger partial charge in [-0.3, -0.25) is 14.0 Å². The predicted octanol–water partition coefficient (Wildman–Crippen LogP) is 3.19. The summed E-state index contributed by atoms with van der Waals surface area (Å²) in [4.78, 5) is 29.7. The number of benzene rings is 1. The Bertz CT molecular complexity index is 997. The van der Waals surface area contributed by atoms with Crippen LogP contribution in [-0.4, -0.2) is 34.9 Å². The topological polar surface area (TPSA) is 84.7 Å². The molecule has 0 aliphatic rings. The third kappa shape index (κ3) is 4.74. The third-order valence-electron chi connectivity index (χ3n) is 4.66. The van der Waals surface area contributed by atoms with E-state index in [0.29, 0.717) is 24.4 Å². The van der Waals surface area contributed by atoms with Crippen molar-refractivity contribution in [3.63, 3.8) is 0 Å². The van der Waals surface area contributed by atoms with Crippen molar-refractivity contribution in [2.24, 2.45) is 0 Å². The molecule has 2 N–H and O–H groups in total. The normalized spacial score (nSPS) is 10.7. The average molecular weight is 394 g/mol. The van der Waals surface area contributed by atoms with Crippen molar-refractivity contribution in [2.75, 3.05) is 13.7 Å². The molecule has 2 heterocycles. The first-order chi connectivity index (χ1) is 14.2. The minimum Gasteiger partial charge on any atom is -0.496 e. The van der Waals surface area contributed by atoms with Gasteiger partial charge in [-0.25, -0.2) is 4.98 Å². The Morgan fingerprint density at radius 1 is 1.03 bits per heavy atom. The number of ether oxygens (including phenoxy) is 1. The van der Waals surface area contributed by atoms with Crippen LogP contribution in [-0.2, 0) is 6.54 Å². The maximum atomic E-state index is 12.8. The summed E-state index contributed by atoms with van der Waals surface area (Å²) in [6.07, 6.45) is 4.79. The van der Waals surface area contributed by atoms with Gasteiger partial charge in [-0.1, -0.05) is 44.0 Å². The zero-order chi connectivity index (χ0) is 20.6. The van der Waals surface area contributed by atoms with Crippen molar-refractivity contribution in [3.8, 4) is 5.75 Å². The van der Waals surface area contributed by atoms with Crippen molar-refractivity contribution in [3.05, 3.63) is 65.7 Å². The molecule has 0 unspecified atom stereocenters. The van der Waals surface area contributed by atoms with E-state index < -0.39 is 0 Å². The first-order valence-electron chi connectivity index (χ1n) is 9.81. The lowest BCUT2D eigenvalue weighted by Crippen LogP contribution is -2.27. The molecule has 0 atom stereocenters. The van der Waals surface area contributed by atoms with Crippen molar-refractivity contribution in [2.45, 2.75) is 32.7 Å². The second-order valence-electron chi connectivity index (χ2n) is 6.70. The molecular formula is C22H26N4O3. The van der Waals surface area contributed by atoms with Crippen LogP contribution in [0.15, 0.2) is 48.7 Å². The van der Waals surface area contributed by atoms with Gasteiger partial charge in [0, 0.05) is 24.8 Å². The zero-order valence-electron chi connectivity index (χ0n) is 16.8. The SMILES string of the molecule is CCCCCNC(=O)c1nc(C(=O)NCc2ccccc2OC)c2ccccn12. The standard InChI is InChI=1S/C22H26N4O3/c1-3-4-8-13-23-22(28)20-25-19(17-11-7-9-14-26(17)20)21(27)24-15-16-10-5-6-12-18(16)29-2/h5-7,9-12,14H,3-4,8,13,15H2,1-2H3,(H,23,28)(H,24,27). The van der Waals surface area contributed by atoms with Gasteiger partial charge in [0.1, 0.15) is 5.75 Å². The lowest BCUT2D eigenvalue weighted by molar-refractivity contribution is 0.0941. The maximum absolute atomic E-state index is 12.8. The van der Waals surface area contributed by atoms with Crippen LogP contribution >= 0.6 is 0 Å². The van der Waals surface area contributed by atoms with Crippen LogP contribution in [0.2, 0.25) is 0 Å². The van der Waals surface area contributed by atoms with Crippen molar-refractivity contribution >= 4 is 17.3 Å². The van der Waals surface area contributed by atoms with E-state index in [9.17, 15) is 9.59 Å². The molecular weight excluding hydrogens is 368 g/mol. The van der Waals surface area contributed by atoms with E-state index in [2.05, 4.69) is 22.5 Å². The minimum absolute atomic E-state index is 0.208. The largest absolute Gasteiger partial charge is 0.496 e. The molecule has 0 aliphatic heterocycles. The monoisotopic (exact) mass is 394 g/mol. The molecule has 0 fully saturated rings. The predicted molar refractivity (Wildman–Crippen MR) is 111 cm³/mol. The highest BCUT2D eigenvalue weighted by Gasteiger charge is 2.21. The molecule has 3 aromatic rings. The van der Waals surface area contributed by atoms with Gasteiger partial charge in [-0.2, -0.15) is 0 Å². The summed E-state index contributed by atoms with van der Waals surface area (Å²) < 4.78 is 6.97. The lowest BCUT2D eigenvalue weighted by atomic mass is 10.2. The summed E-state index contributed by atoms with van der Waals surface area (Å²) in [6.45, 7) is 3.00. The van der Waals surface area contributed by atoms with E-state index in [1.54, 1.807) is 29.8 Å². The first-order valence-corrected chi connectivity index (χ1v) is 9.81. The Morgan fingerprint density at radius 2 is 1.83 bits per heavy atom. The van der Waals surface area contributed by atoms with Crippen LogP contribution in [0.25, 0.3) is 5.52 Å². The molecule has 1 aromatic carbocycles. The number of fused-ring (bicyclic) bond motifs is 1. The molecule has 29 heavy (non-hydrogen) atoms. The number of nitrogens with one attached hydrogen (secondary N) is 2. The van der Waals surface area contributed by atoms with E-state index >= 15 is 0 Å². The highest BCUT2D eigenvalue weighted by molar-refractivity contribution is 6.02. The number of methoxy groups -OCH3 is 1. The molecule has 2 aromatic heterocycles. The van der Waals surface area contributed by atoms with E-state index in [-0.39, 0.29) is 23.3 Å².